The van der Waals surface area contributed by atoms with Gasteiger partial charge in [0.1, 0.15) is 16.5 Å². The van der Waals surface area contributed by atoms with Gasteiger partial charge in [0.25, 0.3) is 0 Å². The maximum Gasteiger partial charge on any atom is 0.244 e. The number of halogens is 2. The van der Waals surface area contributed by atoms with Crippen LogP contribution in [0.5, 0.6) is 0 Å². The molecule has 0 aliphatic carbocycles. The van der Waals surface area contributed by atoms with Crippen LogP contribution in [0.4, 0.5) is 4.39 Å². The van der Waals surface area contributed by atoms with E-state index in [2.05, 4.69) is 5.16 Å². The van der Waals surface area contributed by atoms with Crippen molar-refractivity contribution >= 4 is 27.5 Å². The molecule has 20 heavy (non-hydrogen) atoms. The van der Waals surface area contributed by atoms with Gasteiger partial charge < -0.3 is 10.9 Å². The second-order valence-corrected chi connectivity index (χ2v) is 6.71. The molecule has 1 atom stereocenters. The van der Waals surface area contributed by atoms with Gasteiger partial charge in [-0.25, -0.2) is 17.1 Å². The Morgan fingerprint density at radius 1 is 1.60 bits per heavy atom. The number of nitrogens with two attached hydrogens (primary N) is 1. The van der Waals surface area contributed by atoms with Crippen LogP contribution in [-0.2, 0) is 10.0 Å². The van der Waals surface area contributed by atoms with Gasteiger partial charge in [-0.3, -0.25) is 0 Å². The molecule has 0 heterocycles. The fourth-order valence-corrected chi connectivity index (χ4v) is 3.26. The van der Waals surface area contributed by atoms with Crippen LogP contribution < -0.4 is 5.73 Å². The molecule has 1 rings (SSSR count). The molecule has 0 amide bonds. The number of amidine groups is 1. The van der Waals surface area contributed by atoms with E-state index in [-0.39, 0.29) is 22.3 Å². The van der Waals surface area contributed by atoms with E-state index >= 15 is 0 Å². The molecule has 0 radical (unpaired) electrons. The number of sulfonamides is 1. The van der Waals surface area contributed by atoms with Gasteiger partial charge in [0, 0.05) is 19.5 Å². The molecule has 1 aromatic carbocycles. The monoisotopic (exact) mass is 323 g/mol. The van der Waals surface area contributed by atoms with Crippen molar-refractivity contribution in [1.29, 1.82) is 0 Å². The van der Waals surface area contributed by atoms with E-state index in [9.17, 15) is 12.8 Å². The SMILES string of the molecule is CC(CN(C)S(=O)(=O)c1cc(F)ccc1Cl)/C(N)=N/O. The van der Waals surface area contributed by atoms with Crippen LogP contribution in [0.2, 0.25) is 5.02 Å². The molecule has 1 aromatic rings. The van der Waals surface area contributed by atoms with Gasteiger partial charge in [-0.15, -0.1) is 0 Å². The third kappa shape index (κ3) is 3.59. The van der Waals surface area contributed by atoms with Gasteiger partial charge in [0.2, 0.25) is 10.0 Å². The van der Waals surface area contributed by atoms with Gasteiger partial charge in [0.05, 0.1) is 5.02 Å². The highest BCUT2D eigenvalue weighted by Gasteiger charge is 2.26. The van der Waals surface area contributed by atoms with Crippen molar-refractivity contribution in [2.45, 2.75) is 11.8 Å². The maximum atomic E-state index is 13.2. The van der Waals surface area contributed by atoms with E-state index in [1.54, 1.807) is 6.92 Å². The lowest BCUT2D eigenvalue weighted by molar-refractivity contribution is 0.312. The summed E-state index contributed by atoms with van der Waals surface area (Å²) in [5.41, 5.74) is 5.39. The van der Waals surface area contributed by atoms with Crippen molar-refractivity contribution in [1.82, 2.24) is 4.31 Å². The van der Waals surface area contributed by atoms with Crippen molar-refractivity contribution in [3.05, 3.63) is 29.0 Å². The summed E-state index contributed by atoms with van der Waals surface area (Å²) in [4.78, 5) is -0.326. The maximum absolute atomic E-state index is 13.2. The summed E-state index contributed by atoms with van der Waals surface area (Å²) in [7, 11) is -2.66. The Hall–Kier alpha value is -1.38. The van der Waals surface area contributed by atoms with Crippen molar-refractivity contribution < 1.29 is 18.0 Å². The summed E-state index contributed by atoms with van der Waals surface area (Å²) < 4.78 is 38.7. The highest BCUT2D eigenvalue weighted by atomic mass is 35.5. The molecule has 0 saturated heterocycles. The van der Waals surface area contributed by atoms with Gasteiger partial charge in [-0.2, -0.15) is 0 Å². The van der Waals surface area contributed by atoms with Crippen molar-refractivity contribution in [3.63, 3.8) is 0 Å². The second-order valence-electron chi connectivity index (χ2n) is 4.29. The lowest BCUT2D eigenvalue weighted by Crippen LogP contribution is -2.36. The molecule has 3 N–H and O–H groups in total. The average Bonchev–Trinajstić information content (AvgIpc) is 2.40. The van der Waals surface area contributed by atoms with E-state index in [4.69, 9.17) is 22.5 Å². The van der Waals surface area contributed by atoms with Crippen LogP contribution in [0.15, 0.2) is 28.3 Å². The van der Waals surface area contributed by atoms with Crippen LogP contribution in [0.25, 0.3) is 0 Å². The third-order valence-corrected chi connectivity index (χ3v) is 5.04. The second kappa shape index (κ2) is 6.38. The van der Waals surface area contributed by atoms with Crippen LogP contribution in [0, 0.1) is 11.7 Å². The predicted molar refractivity (Wildman–Crippen MR) is 73.8 cm³/mol. The number of hydrogen-bond acceptors (Lipinski definition) is 4. The van der Waals surface area contributed by atoms with Gasteiger partial charge >= 0.3 is 0 Å². The van der Waals surface area contributed by atoms with Crippen LogP contribution in [-0.4, -0.2) is 37.4 Å². The molecule has 112 valence electrons. The zero-order chi connectivity index (χ0) is 15.5. The first-order chi connectivity index (χ1) is 9.20. The molecule has 0 aliphatic rings. The van der Waals surface area contributed by atoms with Crippen LogP contribution in [0.3, 0.4) is 0 Å². The summed E-state index contributed by atoms with van der Waals surface area (Å²) in [5.74, 6) is -1.31. The zero-order valence-corrected chi connectivity index (χ0v) is 12.5. The lowest BCUT2D eigenvalue weighted by Gasteiger charge is -2.21. The Kier molecular flexibility index (Phi) is 5.32. The Labute approximate surface area is 121 Å². The number of nitrogens with zero attached hydrogens (tertiary/aromatic N) is 2. The Morgan fingerprint density at radius 3 is 2.75 bits per heavy atom. The largest absolute Gasteiger partial charge is 0.409 e. The molecular weight excluding hydrogens is 309 g/mol. The van der Waals surface area contributed by atoms with E-state index in [0.29, 0.717) is 0 Å². The normalized spacial score (nSPS) is 14.6. The predicted octanol–water partition coefficient (Wildman–Crippen LogP) is 1.48. The highest BCUT2D eigenvalue weighted by Crippen LogP contribution is 2.25. The standard InChI is InChI=1S/C11H15ClFN3O3S/c1-7(11(14)15-17)6-16(2)20(18,19)10-5-8(13)3-4-9(10)12/h3-5,7,17H,6H2,1-2H3,(H2,14,15). The van der Waals surface area contributed by atoms with E-state index < -0.39 is 21.8 Å². The Balaban J connectivity index is 3.07. The van der Waals surface area contributed by atoms with Crippen molar-refractivity contribution in [2.75, 3.05) is 13.6 Å². The minimum atomic E-state index is -3.96. The van der Waals surface area contributed by atoms with E-state index in [1.165, 1.54) is 13.1 Å². The van der Waals surface area contributed by atoms with Crippen LogP contribution in [0.1, 0.15) is 6.92 Å². The van der Waals surface area contributed by atoms with Gasteiger partial charge in [-0.1, -0.05) is 23.7 Å². The molecule has 6 nitrogen and oxygen atoms in total. The highest BCUT2D eigenvalue weighted by molar-refractivity contribution is 7.89. The molecule has 0 bridgehead atoms. The first-order valence-electron chi connectivity index (χ1n) is 5.59. The van der Waals surface area contributed by atoms with Crippen molar-refractivity contribution in [2.24, 2.45) is 16.8 Å². The van der Waals surface area contributed by atoms with Crippen LogP contribution >= 0.6 is 11.6 Å². The summed E-state index contributed by atoms with van der Waals surface area (Å²) in [5, 5.41) is 11.3. The van der Waals surface area contributed by atoms with Crippen molar-refractivity contribution in [3.8, 4) is 0 Å². The molecule has 0 aliphatic heterocycles. The van der Waals surface area contributed by atoms with Gasteiger partial charge in [0.15, 0.2) is 0 Å². The fourth-order valence-electron chi connectivity index (χ4n) is 1.52. The molecule has 0 aromatic heterocycles. The number of hydrogen-bond donors (Lipinski definition) is 2. The first-order valence-corrected chi connectivity index (χ1v) is 7.40. The summed E-state index contributed by atoms with van der Waals surface area (Å²) in [6, 6.07) is 3.09. The van der Waals surface area contributed by atoms with E-state index in [0.717, 1.165) is 16.4 Å². The number of oxime groups is 1. The molecule has 9 heteroatoms. The fraction of sp³-hybridized carbons (Fsp3) is 0.364. The number of benzene rings is 1. The summed E-state index contributed by atoms with van der Waals surface area (Å²) in [6.45, 7) is 1.55. The number of rotatable bonds is 5. The Morgan fingerprint density at radius 2 is 2.20 bits per heavy atom. The first kappa shape index (κ1) is 16.7. The minimum absolute atomic E-state index is 0.0366. The molecule has 0 spiro atoms. The minimum Gasteiger partial charge on any atom is -0.409 e. The smallest absolute Gasteiger partial charge is 0.244 e. The molecule has 0 saturated carbocycles. The summed E-state index contributed by atoms with van der Waals surface area (Å²) >= 11 is 5.79. The third-order valence-electron chi connectivity index (χ3n) is 2.73. The lowest BCUT2D eigenvalue weighted by atomic mass is 10.2. The topological polar surface area (TPSA) is 96.0 Å². The zero-order valence-electron chi connectivity index (χ0n) is 10.9. The Bertz CT molecular complexity index is 621. The molecular formula is C11H15ClFN3O3S. The average molecular weight is 324 g/mol. The quantitative estimate of drug-likeness (QED) is 0.371. The molecule has 1 unspecified atom stereocenters. The molecule has 0 fully saturated rings. The van der Waals surface area contributed by atoms with Gasteiger partial charge in [-0.05, 0) is 18.2 Å². The summed E-state index contributed by atoms with van der Waals surface area (Å²) in [6.07, 6.45) is 0. The van der Waals surface area contributed by atoms with E-state index in [1.807, 2.05) is 0 Å².